The van der Waals surface area contributed by atoms with E-state index in [-0.39, 0.29) is 0 Å². The standard InChI is InChI=1S/C10H9BrN2O/c1-14-9-4-2-3-8(11)10(9)7-5-12-13-6-7/h2-6H,1H3,(H,12,13). The van der Waals surface area contributed by atoms with E-state index in [1.54, 1.807) is 13.3 Å². The minimum Gasteiger partial charge on any atom is -0.496 e. The second-order valence-electron chi connectivity index (χ2n) is 2.80. The number of nitrogens with one attached hydrogen (secondary N) is 1. The summed E-state index contributed by atoms with van der Waals surface area (Å²) in [7, 11) is 1.66. The van der Waals surface area contributed by atoms with Crippen LogP contribution in [-0.2, 0) is 0 Å². The van der Waals surface area contributed by atoms with Crippen LogP contribution in [0, 0.1) is 0 Å². The molecule has 14 heavy (non-hydrogen) atoms. The van der Waals surface area contributed by atoms with Crippen molar-refractivity contribution in [3.8, 4) is 16.9 Å². The van der Waals surface area contributed by atoms with Crippen molar-refractivity contribution in [3.63, 3.8) is 0 Å². The second-order valence-corrected chi connectivity index (χ2v) is 3.66. The number of hydrogen-bond donors (Lipinski definition) is 1. The molecule has 0 unspecified atom stereocenters. The highest BCUT2D eigenvalue weighted by atomic mass is 79.9. The molecule has 1 heterocycles. The fourth-order valence-corrected chi connectivity index (χ4v) is 1.92. The van der Waals surface area contributed by atoms with Crippen molar-refractivity contribution < 1.29 is 4.74 Å². The van der Waals surface area contributed by atoms with E-state index < -0.39 is 0 Å². The molecule has 0 bridgehead atoms. The fourth-order valence-electron chi connectivity index (χ4n) is 1.34. The zero-order valence-corrected chi connectivity index (χ0v) is 9.21. The van der Waals surface area contributed by atoms with E-state index >= 15 is 0 Å². The Morgan fingerprint density at radius 2 is 2.29 bits per heavy atom. The zero-order valence-electron chi connectivity index (χ0n) is 7.62. The summed E-state index contributed by atoms with van der Waals surface area (Å²) in [4.78, 5) is 0. The van der Waals surface area contributed by atoms with Crippen LogP contribution in [0.1, 0.15) is 0 Å². The van der Waals surface area contributed by atoms with Gasteiger partial charge in [0.1, 0.15) is 5.75 Å². The number of H-pyrrole nitrogens is 1. The van der Waals surface area contributed by atoms with Crippen molar-refractivity contribution in [1.29, 1.82) is 0 Å². The van der Waals surface area contributed by atoms with Crippen molar-refractivity contribution in [2.75, 3.05) is 7.11 Å². The molecule has 0 aliphatic heterocycles. The molecular weight excluding hydrogens is 244 g/mol. The van der Waals surface area contributed by atoms with Crippen molar-refractivity contribution in [1.82, 2.24) is 10.2 Å². The van der Waals surface area contributed by atoms with Gasteiger partial charge in [-0.05, 0) is 12.1 Å². The van der Waals surface area contributed by atoms with Gasteiger partial charge in [-0.2, -0.15) is 5.10 Å². The Morgan fingerprint density at radius 3 is 2.93 bits per heavy atom. The van der Waals surface area contributed by atoms with Crippen molar-refractivity contribution in [2.24, 2.45) is 0 Å². The SMILES string of the molecule is COc1cccc(Br)c1-c1cn[nH]c1. The van der Waals surface area contributed by atoms with Gasteiger partial charge in [-0.3, -0.25) is 5.10 Å². The first-order valence-corrected chi connectivity index (χ1v) is 4.94. The van der Waals surface area contributed by atoms with E-state index in [4.69, 9.17) is 4.74 Å². The third kappa shape index (κ3) is 1.53. The predicted octanol–water partition coefficient (Wildman–Crippen LogP) is 2.85. The fraction of sp³-hybridized carbons (Fsp3) is 0.100. The lowest BCUT2D eigenvalue weighted by atomic mass is 10.1. The lowest BCUT2D eigenvalue weighted by molar-refractivity contribution is 0.416. The second kappa shape index (κ2) is 3.84. The summed E-state index contributed by atoms with van der Waals surface area (Å²) in [5.41, 5.74) is 2.03. The molecule has 0 radical (unpaired) electrons. The number of hydrogen-bond acceptors (Lipinski definition) is 2. The normalized spacial score (nSPS) is 10.1. The van der Waals surface area contributed by atoms with E-state index in [2.05, 4.69) is 26.1 Å². The number of methoxy groups -OCH3 is 1. The lowest BCUT2D eigenvalue weighted by Gasteiger charge is -2.07. The quantitative estimate of drug-likeness (QED) is 0.893. The first kappa shape index (κ1) is 9.27. The van der Waals surface area contributed by atoms with Gasteiger partial charge in [0.2, 0.25) is 0 Å². The van der Waals surface area contributed by atoms with Crippen LogP contribution in [-0.4, -0.2) is 17.3 Å². The van der Waals surface area contributed by atoms with Crippen LogP contribution in [0.5, 0.6) is 5.75 Å². The summed E-state index contributed by atoms with van der Waals surface area (Å²) in [6, 6.07) is 5.84. The molecule has 4 heteroatoms. The maximum absolute atomic E-state index is 5.28. The Balaban J connectivity index is 2.61. The van der Waals surface area contributed by atoms with E-state index in [1.807, 2.05) is 24.4 Å². The van der Waals surface area contributed by atoms with Crippen molar-refractivity contribution in [3.05, 3.63) is 35.1 Å². The third-order valence-corrected chi connectivity index (χ3v) is 2.64. The van der Waals surface area contributed by atoms with Crippen molar-refractivity contribution >= 4 is 15.9 Å². The van der Waals surface area contributed by atoms with Gasteiger partial charge in [-0.15, -0.1) is 0 Å². The number of aromatic nitrogens is 2. The summed E-state index contributed by atoms with van der Waals surface area (Å²) < 4.78 is 6.28. The maximum Gasteiger partial charge on any atom is 0.127 e. The molecule has 0 spiro atoms. The molecule has 3 nitrogen and oxygen atoms in total. The molecule has 0 saturated carbocycles. The average Bonchev–Trinajstić information content (AvgIpc) is 2.70. The van der Waals surface area contributed by atoms with Gasteiger partial charge in [0.15, 0.2) is 0 Å². The van der Waals surface area contributed by atoms with Crippen LogP contribution >= 0.6 is 15.9 Å². The van der Waals surface area contributed by atoms with Crippen LogP contribution < -0.4 is 4.74 Å². The summed E-state index contributed by atoms with van der Waals surface area (Å²) in [6.45, 7) is 0. The molecule has 1 aromatic heterocycles. The summed E-state index contributed by atoms with van der Waals surface area (Å²) in [6.07, 6.45) is 3.60. The summed E-state index contributed by atoms with van der Waals surface area (Å²) >= 11 is 3.49. The number of rotatable bonds is 2. The van der Waals surface area contributed by atoms with Gasteiger partial charge in [0.05, 0.1) is 13.3 Å². The van der Waals surface area contributed by atoms with E-state index in [0.717, 1.165) is 21.3 Å². The van der Waals surface area contributed by atoms with E-state index in [0.29, 0.717) is 0 Å². The monoisotopic (exact) mass is 252 g/mol. The maximum atomic E-state index is 5.28. The van der Waals surface area contributed by atoms with Crippen LogP contribution in [0.4, 0.5) is 0 Å². The lowest BCUT2D eigenvalue weighted by Crippen LogP contribution is -1.87. The van der Waals surface area contributed by atoms with Gasteiger partial charge < -0.3 is 4.74 Å². The molecule has 1 aromatic carbocycles. The Kier molecular flexibility index (Phi) is 2.54. The highest BCUT2D eigenvalue weighted by Crippen LogP contribution is 2.35. The van der Waals surface area contributed by atoms with Crippen LogP contribution in [0.25, 0.3) is 11.1 Å². The van der Waals surface area contributed by atoms with Gasteiger partial charge in [0.25, 0.3) is 0 Å². The average molecular weight is 253 g/mol. The minimum atomic E-state index is 0.834. The van der Waals surface area contributed by atoms with Crippen LogP contribution in [0.2, 0.25) is 0 Å². The van der Waals surface area contributed by atoms with E-state index in [9.17, 15) is 0 Å². The molecule has 0 atom stereocenters. The Labute approximate surface area is 90.2 Å². The molecule has 0 saturated heterocycles. The highest BCUT2D eigenvalue weighted by Gasteiger charge is 2.09. The number of nitrogens with zero attached hydrogens (tertiary/aromatic N) is 1. The Hall–Kier alpha value is -1.29. The molecule has 0 aliphatic carbocycles. The number of benzene rings is 1. The van der Waals surface area contributed by atoms with Gasteiger partial charge in [-0.1, -0.05) is 22.0 Å². The van der Waals surface area contributed by atoms with E-state index in [1.165, 1.54) is 0 Å². The van der Waals surface area contributed by atoms with Gasteiger partial charge in [-0.25, -0.2) is 0 Å². The highest BCUT2D eigenvalue weighted by molar-refractivity contribution is 9.10. The van der Waals surface area contributed by atoms with Crippen molar-refractivity contribution in [2.45, 2.75) is 0 Å². The zero-order chi connectivity index (χ0) is 9.97. The van der Waals surface area contributed by atoms with Gasteiger partial charge >= 0.3 is 0 Å². The summed E-state index contributed by atoms with van der Waals surface area (Å²) in [5, 5.41) is 6.69. The Morgan fingerprint density at radius 1 is 1.43 bits per heavy atom. The number of ether oxygens (including phenoxy) is 1. The molecule has 0 aliphatic rings. The third-order valence-electron chi connectivity index (χ3n) is 1.98. The van der Waals surface area contributed by atoms with Gasteiger partial charge in [0, 0.05) is 21.8 Å². The predicted molar refractivity (Wildman–Crippen MR) is 58.3 cm³/mol. The molecule has 0 fully saturated rings. The van der Waals surface area contributed by atoms with Crippen LogP contribution in [0.3, 0.4) is 0 Å². The molecule has 0 amide bonds. The number of halogens is 1. The van der Waals surface area contributed by atoms with Crippen LogP contribution in [0.15, 0.2) is 35.1 Å². The minimum absolute atomic E-state index is 0.834. The molecule has 2 rings (SSSR count). The molecular formula is C10H9BrN2O. The Bertz CT molecular complexity index is 426. The first-order valence-electron chi connectivity index (χ1n) is 4.14. The number of aromatic amines is 1. The first-order chi connectivity index (χ1) is 6.83. The molecule has 72 valence electrons. The molecule has 1 N–H and O–H groups in total. The summed E-state index contributed by atoms with van der Waals surface area (Å²) in [5.74, 6) is 0.834. The largest absolute Gasteiger partial charge is 0.496 e. The topological polar surface area (TPSA) is 37.9 Å². The smallest absolute Gasteiger partial charge is 0.127 e. The molecule has 2 aromatic rings.